The van der Waals surface area contributed by atoms with Crippen LogP contribution in [0.1, 0.15) is 80.9 Å². The van der Waals surface area contributed by atoms with E-state index in [-0.39, 0.29) is 12.1 Å². The van der Waals surface area contributed by atoms with Gasteiger partial charge in [0.15, 0.2) is 0 Å². The number of rotatable bonds is 4. The van der Waals surface area contributed by atoms with Crippen molar-refractivity contribution in [3.63, 3.8) is 0 Å². The molecule has 3 rings (SSSR count). The van der Waals surface area contributed by atoms with Gasteiger partial charge in [-0.15, -0.1) is 0 Å². The Morgan fingerprint density at radius 3 is 2.44 bits per heavy atom. The molecule has 1 aromatic heterocycles. The maximum absolute atomic E-state index is 12.7. The van der Waals surface area contributed by atoms with Crippen LogP contribution in [0.4, 0.5) is 10.5 Å². The second-order valence-electron chi connectivity index (χ2n) is 7.46. The summed E-state index contributed by atoms with van der Waals surface area (Å²) in [6.45, 7) is 8.62. The van der Waals surface area contributed by atoms with Gasteiger partial charge in [-0.25, -0.2) is 4.79 Å². The molecule has 1 atom stereocenters. The number of para-hydroxylation sites is 1. The van der Waals surface area contributed by atoms with E-state index in [2.05, 4.69) is 56.5 Å². The molecule has 1 aromatic carbocycles. The highest BCUT2D eigenvalue weighted by atomic mass is 16.3. The number of amides is 2. The summed E-state index contributed by atoms with van der Waals surface area (Å²) in [5.41, 5.74) is 4.42. The largest absolute Gasteiger partial charge is 0.469 e. The van der Waals surface area contributed by atoms with Crippen molar-refractivity contribution < 1.29 is 9.21 Å². The third-order valence-corrected chi connectivity index (χ3v) is 4.97. The number of furan rings is 1. The molecule has 0 radical (unpaired) electrons. The highest BCUT2D eigenvalue weighted by Crippen LogP contribution is 2.33. The summed E-state index contributed by atoms with van der Waals surface area (Å²) in [5.74, 6) is 1.70. The van der Waals surface area contributed by atoms with Crippen LogP contribution in [0.2, 0.25) is 0 Å². The van der Waals surface area contributed by atoms with E-state index in [0.29, 0.717) is 11.8 Å². The van der Waals surface area contributed by atoms with E-state index in [4.69, 9.17) is 4.42 Å². The average molecular weight is 340 g/mol. The molecule has 0 spiro atoms. The Balaban J connectivity index is 1.80. The second kappa shape index (κ2) is 7.34. The normalized spacial score (nSPS) is 16.8. The summed E-state index contributed by atoms with van der Waals surface area (Å²) in [6, 6.07) is 8.13. The Kier molecular flexibility index (Phi) is 5.16. The molecule has 134 valence electrons. The molecular weight excluding hydrogens is 312 g/mol. The minimum Gasteiger partial charge on any atom is -0.469 e. The molecule has 0 saturated heterocycles. The number of urea groups is 1. The maximum atomic E-state index is 12.7. The molecule has 2 amide bonds. The van der Waals surface area contributed by atoms with Crippen LogP contribution in [-0.2, 0) is 6.42 Å². The van der Waals surface area contributed by atoms with Crippen LogP contribution in [0.25, 0.3) is 0 Å². The summed E-state index contributed by atoms with van der Waals surface area (Å²) >= 11 is 0. The highest BCUT2D eigenvalue weighted by molar-refractivity contribution is 5.91. The van der Waals surface area contributed by atoms with E-state index in [1.165, 1.54) is 11.1 Å². The van der Waals surface area contributed by atoms with Crippen molar-refractivity contribution in [2.45, 2.75) is 64.8 Å². The Morgan fingerprint density at radius 2 is 1.80 bits per heavy atom. The first-order valence-corrected chi connectivity index (χ1v) is 9.24. The monoisotopic (exact) mass is 340 g/mol. The van der Waals surface area contributed by atoms with E-state index >= 15 is 0 Å². The first kappa shape index (κ1) is 17.6. The molecule has 2 N–H and O–H groups in total. The summed E-state index contributed by atoms with van der Waals surface area (Å²) in [5, 5.41) is 6.26. The van der Waals surface area contributed by atoms with E-state index in [9.17, 15) is 4.79 Å². The van der Waals surface area contributed by atoms with Crippen molar-refractivity contribution in [3.8, 4) is 0 Å². The van der Waals surface area contributed by atoms with Crippen molar-refractivity contribution in [3.05, 3.63) is 53.0 Å². The molecule has 0 bridgehead atoms. The van der Waals surface area contributed by atoms with Gasteiger partial charge in [0.25, 0.3) is 0 Å². The van der Waals surface area contributed by atoms with Crippen LogP contribution < -0.4 is 10.6 Å². The SMILES string of the molecule is CC(C)c1cccc(C(C)C)c1NC(=O)NC1CCCc2occc21. The van der Waals surface area contributed by atoms with Gasteiger partial charge >= 0.3 is 6.03 Å². The Hall–Kier alpha value is -2.23. The molecule has 1 aliphatic rings. The van der Waals surface area contributed by atoms with Gasteiger partial charge in [0.2, 0.25) is 0 Å². The van der Waals surface area contributed by atoms with Crippen molar-refractivity contribution in [1.29, 1.82) is 0 Å². The van der Waals surface area contributed by atoms with Gasteiger partial charge in [-0.05, 0) is 41.9 Å². The third-order valence-electron chi connectivity index (χ3n) is 4.97. The minimum atomic E-state index is -0.144. The molecule has 2 aromatic rings. The Bertz CT molecular complexity index is 720. The van der Waals surface area contributed by atoms with Gasteiger partial charge in [-0.3, -0.25) is 0 Å². The number of benzene rings is 1. The van der Waals surface area contributed by atoms with Gasteiger partial charge < -0.3 is 15.1 Å². The lowest BCUT2D eigenvalue weighted by atomic mass is 9.92. The van der Waals surface area contributed by atoms with Gasteiger partial charge in [0.1, 0.15) is 5.76 Å². The number of nitrogens with one attached hydrogen (secondary N) is 2. The van der Waals surface area contributed by atoms with Crippen molar-refractivity contribution in [1.82, 2.24) is 5.32 Å². The van der Waals surface area contributed by atoms with Gasteiger partial charge in [-0.2, -0.15) is 0 Å². The lowest BCUT2D eigenvalue weighted by Gasteiger charge is -2.25. The van der Waals surface area contributed by atoms with Crippen LogP contribution in [-0.4, -0.2) is 6.03 Å². The zero-order valence-electron chi connectivity index (χ0n) is 15.6. The van der Waals surface area contributed by atoms with E-state index in [1.54, 1.807) is 6.26 Å². The number of carbonyl (C=O) groups excluding carboxylic acids is 1. The quantitative estimate of drug-likeness (QED) is 0.747. The van der Waals surface area contributed by atoms with Crippen molar-refractivity contribution in [2.24, 2.45) is 0 Å². The standard InChI is InChI=1S/C21H28N2O2/c1-13(2)15-7-5-8-16(14(3)4)20(15)23-21(24)22-18-9-6-10-19-17(18)11-12-25-19/h5,7-8,11-14,18H,6,9-10H2,1-4H3,(H2,22,23,24). The second-order valence-corrected chi connectivity index (χ2v) is 7.46. The number of hydrogen-bond acceptors (Lipinski definition) is 2. The first-order valence-electron chi connectivity index (χ1n) is 9.24. The lowest BCUT2D eigenvalue weighted by molar-refractivity contribution is 0.246. The molecule has 1 heterocycles. The summed E-state index contributed by atoms with van der Waals surface area (Å²) < 4.78 is 5.52. The van der Waals surface area contributed by atoms with Crippen LogP contribution in [0.3, 0.4) is 0 Å². The third kappa shape index (κ3) is 3.73. The molecular formula is C21H28N2O2. The topological polar surface area (TPSA) is 54.3 Å². The summed E-state index contributed by atoms with van der Waals surface area (Å²) in [6.07, 6.45) is 4.65. The van der Waals surface area contributed by atoms with E-state index in [1.807, 2.05) is 6.07 Å². The number of fused-ring (bicyclic) bond motifs is 1. The fourth-order valence-corrected chi connectivity index (χ4v) is 3.64. The molecule has 0 saturated carbocycles. The highest BCUT2D eigenvalue weighted by Gasteiger charge is 2.25. The molecule has 4 heteroatoms. The van der Waals surface area contributed by atoms with Crippen LogP contribution in [0, 0.1) is 0 Å². The van der Waals surface area contributed by atoms with Crippen LogP contribution in [0.15, 0.2) is 34.9 Å². The molecule has 4 nitrogen and oxygen atoms in total. The average Bonchev–Trinajstić information content (AvgIpc) is 3.04. The summed E-state index contributed by atoms with van der Waals surface area (Å²) in [7, 11) is 0. The minimum absolute atomic E-state index is 0.0243. The van der Waals surface area contributed by atoms with Gasteiger partial charge in [-0.1, -0.05) is 45.9 Å². The van der Waals surface area contributed by atoms with E-state index in [0.717, 1.165) is 36.3 Å². The Morgan fingerprint density at radius 1 is 1.12 bits per heavy atom. The molecule has 25 heavy (non-hydrogen) atoms. The first-order chi connectivity index (χ1) is 12.0. The van der Waals surface area contributed by atoms with Crippen molar-refractivity contribution in [2.75, 3.05) is 5.32 Å². The van der Waals surface area contributed by atoms with Crippen LogP contribution >= 0.6 is 0 Å². The zero-order valence-corrected chi connectivity index (χ0v) is 15.6. The fraction of sp³-hybridized carbons (Fsp3) is 0.476. The fourth-order valence-electron chi connectivity index (χ4n) is 3.64. The molecule has 0 fully saturated rings. The number of carbonyl (C=O) groups is 1. The molecule has 0 aliphatic heterocycles. The molecule has 1 unspecified atom stereocenters. The van der Waals surface area contributed by atoms with Gasteiger partial charge in [0.05, 0.1) is 12.3 Å². The molecule has 1 aliphatic carbocycles. The summed E-state index contributed by atoms with van der Waals surface area (Å²) in [4.78, 5) is 12.7. The smallest absolute Gasteiger partial charge is 0.319 e. The van der Waals surface area contributed by atoms with Crippen molar-refractivity contribution >= 4 is 11.7 Å². The number of anilines is 1. The van der Waals surface area contributed by atoms with Gasteiger partial charge in [0, 0.05) is 17.7 Å². The predicted octanol–water partition coefficient (Wildman–Crippen LogP) is 5.73. The number of hydrogen-bond donors (Lipinski definition) is 2. The number of aryl methyl sites for hydroxylation is 1. The van der Waals surface area contributed by atoms with E-state index < -0.39 is 0 Å². The lowest BCUT2D eigenvalue weighted by Crippen LogP contribution is -2.34. The maximum Gasteiger partial charge on any atom is 0.319 e. The predicted molar refractivity (Wildman–Crippen MR) is 101 cm³/mol. The van der Waals surface area contributed by atoms with Crippen LogP contribution in [0.5, 0.6) is 0 Å². The Labute approximate surface area is 150 Å². The zero-order chi connectivity index (χ0) is 18.0.